The van der Waals surface area contributed by atoms with Crippen molar-refractivity contribution in [2.45, 2.75) is 51.6 Å². The van der Waals surface area contributed by atoms with Crippen LogP contribution >= 0.6 is 0 Å². The lowest BCUT2D eigenvalue weighted by molar-refractivity contribution is 0.0220. The first-order valence-electron chi connectivity index (χ1n) is 9.32. The summed E-state index contributed by atoms with van der Waals surface area (Å²) in [5, 5.41) is 0. The maximum Gasteiger partial charge on any atom is 0.214 e. The Bertz CT molecular complexity index is 731. The molecular weight excluding hydrogens is 320 g/mol. The second-order valence-corrected chi connectivity index (χ2v) is 9.89. The Morgan fingerprint density at radius 2 is 2.08 bits per heavy atom. The molecule has 4 rings (SSSR count). The molecule has 0 N–H and O–H groups in total. The first kappa shape index (κ1) is 16.6. The van der Waals surface area contributed by atoms with Gasteiger partial charge in [0.2, 0.25) is 10.0 Å². The van der Waals surface area contributed by atoms with Gasteiger partial charge in [-0.2, -0.15) is 4.31 Å². The summed E-state index contributed by atoms with van der Waals surface area (Å²) in [5.41, 5.74) is 4.23. The predicted octanol–water partition coefficient (Wildman–Crippen LogP) is 2.73. The van der Waals surface area contributed by atoms with Gasteiger partial charge in [0, 0.05) is 31.7 Å². The fourth-order valence-corrected chi connectivity index (χ4v) is 6.46. The Morgan fingerprint density at radius 3 is 2.88 bits per heavy atom. The minimum absolute atomic E-state index is 0.192. The van der Waals surface area contributed by atoms with Crippen LogP contribution in [0.2, 0.25) is 0 Å². The number of hydrogen-bond acceptors (Lipinski definition) is 3. The molecule has 24 heavy (non-hydrogen) atoms. The summed E-state index contributed by atoms with van der Waals surface area (Å²) in [6.07, 6.45) is 4.26. The van der Waals surface area contributed by atoms with Crippen LogP contribution in [0.5, 0.6) is 0 Å². The van der Waals surface area contributed by atoms with E-state index in [1.54, 1.807) is 6.92 Å². The lowest BCUT2D eigenvalue weighted by Gasteiger charge is -2.51. The highest BCUT2D eigenvalue weighted by Crippen LogP contribution is 2.43. The van der Waals surface area contributed by atoms with Gasteiger partial charge in [-0.05, 0) is 56.6 Å². The average molecular weight is 349 g/mol. The van der Waals surface area contributed by atoms with Gasteiger partial charge in [-0.1, -0.05) is 23.8 Å². The van der Waals surface area contributed by atoms with Gasteiger partial charge in [0.25, 0.3) is 0 Å². The summed E-state index contributed by atoms with van der Waals surface area (Å²) in [6.45, 7) is 6.81. The highest BCUT2D eigenvalue weighted by molar-refractivity contribution is 7.89. The van der Waals surface area contributed by atoms with E-state index in [-0.39, 0.29) is 11.8 Å². The van der Waals surface area contributed by atoms with Crippen molar-refractivity contribution in [3.63, 3.8) is 0 Å². The van der Waals surface area contributed by atoms with Crippen molar-refractivity contribution in [3.8, 4) is 0 Å². The number of fused-ring (bicyclic) bond motifs is 4. The Labute approximate surface area is 145 Å². The van der Waals surface area contributed by atoms with Gasteiger partial charge in [-0.15, -0.1) is 0 Å². The molecule has 5 heteroatoms. The third-order valence-electron chi connectivity index (χ3n) is 6.29. The van der Waals surface area contributed by atoms with Gasteiger partial charge in [0.05, 0.1) is 5.75 Å². The summed E-state index contributed by atoms with van der Waals surface area (Å²) in [7, 11) is -3.10. The van der Waals surface area contributed by atoms with Crippen molar-refractivity contribution in [1.82, 2.24) is 9.21 Å². The topological polar surface area (TPSA) is 40.6 Å². The van der Waals surface area contributed by atoms with Crippen molar-refractivity contribution in [2.24, 2.45) is 5.92 Å². The van der Waals surface area contributed by atoms with Crippen molar-refractivity contribution in [1.29, 1.82) is 0 Å². The minimum atomic E-state index is -3.10. The summed E-state index contributed by atoms with van der Waals surface area (Å²) < 4.78 is 27.0. The molecule has 3 atom stereocenters. The van der Waals surface area contributed by atoms with E-state index in [1.807, 2.05) is 4.31 Å². The van der Waals surface area contributed by atoms with Gasteiger partial charge in [0.1, 0.15) is 0 Å². The quantitative estimate of drug-likeness (QED) is 0.825. The molecule has 2 fully saturated rings. The van der Waals surface area contributed by atoms with E-state index in [4.69, 9.17) is 0 Å². The fourth-order valence-electron chi connectivity index (χ4n) is 5.05. The van der Waals surface area contributed by atoms with Gasteiger partial charge >= 0.3 is 0 Å². The lowest BCUT2D eigenvalue weighted by atomic mass is 9.77. The third-order valence-corrected chi connectivity index (χ3v) is 8.19. The van der Waals surface area contributed by atoms with Crippen LogP contribution < -0.4 is 0 Å². The van der Waals surface area contributed by atoms with E-state index < -0.39 is 10.0 Å². The molecule has 0 bridgehead atoms. The van der Waals surface area contributed by atoms with Crippen LogP contribution in [0.15, 0.2) is 18.2 Å². The number of sulfonamides is 1. The SMILES string of the molecule is CCS(=O)(=O)N1CCC[C@@H]2CN3CCc4cc(C)ccc4[C@H]3C[C@@H]21. The number of hydrogen-bond donors (Lipinski definition) is 0. The molecule has 3 aliphatic rings. The number of aryl methyl sites for hydroxylation is 1. The standard InChI is InChI=1S/C19H28N2O2S/c1-3-24(22,23)21-9-4-5-16-13-20-10-8-15-11-14(2)6-7-17(15)19(20)12-18(16)21/h6-7,11,16,18-19H,3-5,8-10,12-13H2,1-2H3/t16-,18+,19-/m1/s1. The molecule has 3 heterocycles. The zero-order valence-corrected chi connectivity index (χ0v) is 15.6. The Morgan fingerprint density at radius 1 is 1.25 bits per heavy atom. The van der Waals surface area contributed by atoms with Crippen LogP contribution in [0.1, 0.15) is 48.9 Å². The number of nitrogens with zero attached hydrogens (tertiary/aromatic N) is 2. The highest BCUT2D eigenvalue weighted by Gasteiger charge is 2.45. The maximum atomic E-state index is 12.6. The molecule has 3 aliphatic heterocycles. The molecule has 132 valence electrons. The lowest BCUT2D eigenvalue weighted by Crippen LogP contribution is -2.57. The maximum absolute atomic E-state index is 12.6. The van der Waals surface area contributed by atoms with E-state index in [0.29, 0.717) is 18.5 Å². The van der Waals surface area contributed by atoms with Crippen LogP contribution in [0.25, 0.3) is 0 Å². The van der Waals surface area contributed by atoms with E-state index in [2.05, 4.69) is 30.0 Å². The molecule has 1 aromatic carbocycles. The second kappa shape index (κ2) is 6.11. The number of rotatable bonds is 2. The van der Waals surface area contributed by atoms with Crippen molar-refractivity contribution in [3.05, 3.63) is 34.9 Å². The first-order valence-corrected chi connectivity index (χ1v) is 10.9. The molecule has 0 spiro atoms. The predicted molar refractivity (Wildman–Crippen MR) is 96.5 cm³/mol. The van der Waals surface area contributed by atoms with E-state index >= 15 is 0 Å². The van der Waals surface area contributed by atoms with E-state index in [1.165, 1.54) is 23.1 Å². The van der Waals surface area contributed by atoms with Crippen LogP contribution in [0.3, 0.4) is 0 Å². The summed E-state index contributed by atoms with van der Waals surface area (Å²) in [5.74, 6) is 0.726. The Hall–Kier alpha value is -0.910. The van der Waals surface area contributed by atoms with Crippen molar-refractivity contribution in [2.75, 3.05) is 25.4 Å². The number of piperidine rings is 2. The van der Waals surface area contributed by atoms with Gasteiger partial charge < -0.3 is 0 Å². The molecule has 0 aliphatic carbocycles. The smallest absolute Gasteiger partial charge is 0.214 e. The number of benzene rings is 1. The zero-order valence-electron chi connectivity index (χ0n) is 14.7. The summed E-state index contributed by atoms with van der Waals surface area (Å²) >= 11 is 0. The van der Waals surface area contributed by atoms with Gasteiger partial charge in [0.15, 0.2) is 0 Å². The molecule has 4 nitrogen and oxygen atoms in total. The molecule has 0 amide bonds. The monoisotopic (exact) mass is 348 g/mol. The van der Waals surface area contributed by atoms with E-state index in [0.717, 1.165) is 32.4 Å². The molecule has 2 saturated heterocycles. The van der Waals surface area contributed by atoms with Crippen LogP contribution in [-0.2, 0) is 16.4 Å². The zero-order chi connectivity index (χ0) is 16.9. The molecular formula is C19H28N2O2S. The Kier molecular flexibility index (Phi) is 4.22. The largest absolute Gasteiger partial charge is 0.296 e. The van der Waals surface area contributed by atoms with Crippen LogP contribution in [0.4, 0.5) is 0 Å². The Balaban J connectivity index is 1.67. The normalized spacial score (nSPS) is 31.2. The third kappa shape index (κ3) is 2.71. The fraction of sp³-hybridized carbons (Fsp3) is 0.684. The second-order valence-electron chi connectivity index (χ2n) is 7.68. The first-order chi connectivity index (χ1) is 11.5. The van der Waals surface area contributed by atoms with Gasteiger partial charge in [-0.25, -0.2) is 8.42 Å². The molecule has 1 aromatic rings. The van der Waals surface area contributed by atoms with Crippen molar-refractivity contribution >= 4 is 10.0 Å². The molecule has 0 saturated carbocycles. The van der Waals surface area contributed by atoms with Gasteiger partial charge in [-0.3, -0.25) is 4.90 Å². The van der Waals surface area contributed by atoms with Crippen molar-refractivity contribution < 1.29 is 8.42 Å². The van der Waals surface area contributed by atoms with E-state index in [9.17, 15) is 8.42 Å². The van der Waals surface area contributed by atoms with Crippen LogP contribution in [-0.4, -0.2) is 49.1 Å². The molecule has 0 unspecified atom stereocenters. The molecule has 0 aromatic heterocycles. The van der Waals surface area contributed by atoms with Crippen LogP contribution in [0, 0.1) is 12.8 Å². The highest BCUT2D eigenvalue weighted by atomic mass is 32.2. The minimum Gasteiger partial charge on any atom is -0.296 e. The molecule has 0 radical (unpaired) electrons. The summed E-state index contributed by atoms with van der Waals surface area (Å²) in [4.78, 5) is 2.61. The summed E-state index contributed by atoms with van der Waals surface area (Å²) in [6, 6.07) is 7.39. The average Bonchev–Trinajstić information content (AvgIpc) is 2.59.